The van der Waals surface area contributed by atoms with Crippen LogP contribution in [0.25, 0.3) is 0 Å². The molecule has 138 valence electrons. The summed E-state index contributed by atoms with van der Waals surface area (Å²) in [6, 6.07) is 16.9. The van der Waals surface area contributed by atoms with Gasteiger partial charge in [0.05, 0.1) is 17.7 Å². The predicted octanol–water partition coefficient (Wildman–Crippen LogP) is 4.73. The number of amides is 1. The highest BCUT2D eigenvalue weighted by Gasteiger charge is 2.07. The normalized spacial score (nSPS) is 10.3. The number of rotatable bonds is 6. The van der Waals surface area contributed by atoms with Crippen LogP contribution in [0.3, 0.4) is 0 Å². The monoisotopic (exact) mass is 381 g/mol. The number of anilines is 2. The summed E-state index contributed by atoms with van der Waals surface area (Å²) >= 11 is 6.12. The van der Waals surface area contributed by atoms with Crippen molar-refractivity contribution in [3.05, 3.63) is 82.5 Å². The largest absolute Gasteiger partial charge is 0.495 e. The zero-order valence-corrected chi connectivity index (χ0v) is 15.9. The van der Waals surface area contributed by atoms with Gasteiger partial charge in [0.1, 0.15) is 11.6 Å². The lowest BCUT2D eigenvalue weighted by atomic mass is 10.1. The van der Waals surface area contributed by atoms with Gasteiger partial charge in [-0.25, -0.2) is 4.98 Å². The Balaban J connectivity index is 1.61. The first-order valence-corrected chi connectivity index (χ1v) is 8.83. The number of pyridine rings is 1. The van der Waals surface area contributed by atoms with Gasteiger partial charge in [-0.05, 0) is 42.8 Å². The SMILES string of the molecule is COc1ccc(Nc2ccc(C(=O)NCc3cccc(C)c3)cn2)cc1Cl. The lowest BCUT2D eigenvalue weighted by Crippen LogP contribution is -2.22. The molecule has 0 aliphatic rings. The maximum atomic E-state index is 12.3. The first kappa shape index (κ1) is 18.7. The highest BCUT2D eigenvalue weighted by atomic mass is 35.5. The fourth-order valence-electron chi connectivity index (χ4n) is 2.60. The van der Waals surface area contributed by atoms with Gasteiger partial charge in [-0.1, -0.05) is 41.4 Å². The third kappa shape index (κ3) is 4.99. The lowest BCUT2D eigenvalue weighted by molar-refractivity contribution is 0.0950. The number of nitrogens with zero attached hydrogens (tertiary/aromatic N) is 1. The fourth-order valence-corrected chi connectivity index (χ4v) is 2.86. The van der Waals surface area contributed by atoms with Crippen LogP contribution in [0.2, 0.25) is 5.02 Å². The molecule has 0 atom stereocenters. The Kier molecular flexibility index (Phi) is 5.94. The Bertz CT molecular complexity index is 942. The van der Waals surface area contributed by atoms with Crippen LogP contribution in [0, 0.1) is 6.92 Å². The van der Waals surface area contributed by atoms with E-state index in [1.165, 1.54) is 0 Å². The van der Waals surface area contributed by atoms with Crippen molar-refractivity contribution >= 4 is 29.0 Å². The number of ether oxygens (including phenoxy) is 1. The van der Waals surface area contributed by atoms with Crippen LogP contribution in [0.15, 0.2) is 60.8 Å². The number of carbonyl (C=O) groups is 1. The molecule has 0 aliphatic heterocycles. The van der Waals surface area contributed by atoms with Crippen LogP contribution in [0.1, 0.15) is 21.5 Å². The first-order chi connectivity index (χ1) is 13.0. The van der Waals surface area contributed by atoms with Gasteiger partial charge < -0.3 is 15.4 Å². The molecule has 0 saturated carbocycles. The number of hydrogen-bond donors (Lipinski definition) is 2. The minimum atomic E-state index is -0.164. The molecule has 3 rings (SSSR count). The third-order valence-electron chi connectivity index (χ3n) is 3.99. The minimum absolute atomic E-state index is 0.164. The maximum absolute atomic E-state index is 12.3. The molecule has 6 heteroatoms. The summed E-state index contributed by atoms with van der Waals surface area (Å²) in [5.41, 5.74) is 3.51. The highest BCUT2D eigenvalue weighted by molar-refractivity contribution is 6.32. The van der Waals surface area contributed by atoms with E-state index in [0.29, 0.717) is 28.7 Å². The molecule has 0 bridgehead atoms. The second-order valence-electron chi connectivity index (χ2n) is 6.08. The number of halogens is 1. The molecule has 27 heavy (non-hydrogen) atoms. The van der Waals surface area contributed by atoms with E-state index in [1.54, 1.807) is 37.6 Å². The Hall–Kier alpha value is -3.05. The van der Waals surface area contributed by atoms with Crippen LogP contribution in [0.5, 0.6) is 5.75 Å². The molecule has 2 N–H and O–H groups in total. The van der Waals surface area contributed by atoms with Gasteiger partial charge in [-0.3, -0.25) is 4.79 Å². The Labute approximate surface area is 163 Å². The number of hydrogen-bond acceptors (Lipinski definition) is 4. The van der Waals surface area contributed by atoms with Gasteiger partial charge in [0.15, 0.2) is 0 Å². The van der Waals surface area contributed by atoms with E-state index in [1.807, 2.05) is 37.3 Å². The molecule has 3 aromatic rings. The van der Waals surface area contributed by atoms with E-state index in [4.69, 9.17) is 16.3 Å². The maximum Gasteiger partial charge on any atom is 0.253 e. The summed E-state index contributed by atoms with van der Waals surface area (Å²) in [6.07, 6.45) is 1.54. The zero-order chi connectivity index (χ0) is 19.2. The number of carbonyl (C=O) groups excluding carboxylic acids is 1. The molecule has 0 radical (unpaired) electrons. The second kappa shape index (κ2) is 8.56. The summed E-state index contributed by atoms with van der Waals surface area (Å²) in [5, 5.41) is 6.55. The molecule has 1 amide bonds. The quantitative estimate of drug-likeness (QED) is 0.648. The number of methoxy groups -OCH3 is 1. The van der Waals surface area contributed by atoms with Crippen LogP contribution in [-0.4, -0.2) is 18.0 Å². The van der Waals surface area contributed by atoms with E-state index in [2.05, 4.69) is 15.6 Å². The first-order valence-electron chi connectivity index (χ1n) is 8.45. The number of benzene rings is 2. The fraction of sp³-hybridized carbons (Fsp3) is 0.143. The number of nitrogens with one attached hydrogen (secondary N) is 2. The van der Waals surface area contributed by atoms with Crippen molar-refractivity contribution in [1.29, 1.82) is 0 Å². The van der Waals surface area contributed by atoms with Gasteiger partial charge in [0, 0.05) is 18.4 Å². The van der Waals surface area contributed by atoms with Crippen molar-refractivity contribution in [3.8, 4) is 5.75 Å². The van der Waals surface area contributed by atoms with Crippen LogP contribution < -0.4 is 15.4 Å². The molecule has 2 aromatic carbocycles. The summed E-state index contributed by atoms with van der Waals surface area (Å²) < 4.78 is 5.13. The van der Waals surface area contributed by atoms with Crippen molar-refractivity contribution < 1.29 is 9.53 Å². The predicted molar refractivity (Wildman–Crippen MR) is 108 cm³/mol. The zero-order valence-electron chi connectivity index (χ0n) is 15.1. The minimum Gasteiger partial charge on any atom is -0.495 e. The molecule has 1 aromatic heterocycles. The van der Waals surface area contributed by atoms with Crippen LogP contribution in [-0.2, 0) is 6.54 Å². The summed E-state index contributed by atoms with van der Waals surface area (Å²) in [6.45, 7) is 2.50. The molecule has 0 saturated heterocycles. The van der Waals surface area contributed by atoms with E-state index in [0.717, 1.165) is 16.8 Å². The van der Waals surface area contributed by atoms with Crippen molar-refractivity contribution in [2.75, 3.05) is 12.4 Å². The van der Waals surface area contributed by atoms with Gasteiger partial charge in [0.2, 0.25) is 0 Å². The molecular formula is C21H20ClN3O2. The molecule has 0 fully saturated rings. The van der Waals surface area contributed by atoms with Crippen molar-refractivity contribution in [1.82, 2.24) is 10.3 Å². The molecule has 0 spiro atoms. The standard InChI is InChI=1S/C21H20ClN3O2/c1-14-4-3-5-15(10-14)12-24-21(26)16-6-9-20(23-13-16)25-17-7-8-19(27-2)18(22)11-17/h3-11,13H,12H2,1-2H3,(H,23,25)(H,24,26). The summed E-state index contributed by atoms with van der Waals surface area (Å²) in [4.78, 5) is 16.6. The molecular weight excluding hydrogens is 362 g/mol. The van der Waals surface area contributed by atoms with Gasteiger partial charge in [0.25, 0.3) is 5.91 Å². The number of aryl methyl sites for hydroxylation is 1. The topological polar surface area (TPSA) is 63.2 Å². The van der Waals surface area contributed by atoms with E-state index in [-0.39, 0.29) is 5.91 Å². The Morgan fingerprint density at radius 2 is 2.00 bits per heavy atom. The van der Waals surface area contributed by atoms with Crippen molar-refractivity contribution in [3.63, 3.8) is 0 Å². The second-order valence-corrected chi connectivity index (χ2v) is 6.49. The summed E-state index contributed by atoms with van der Waals surface area (Å²) in [5.74, 6) is 1.06. The summed E-state index contributed by atoms with van der Waals surface area (Å²) in [7, 11) is 1.57. The average Bonchev–Trinajstić information content (AvgIpc) is 2.67. The molecule has 0 aliphatic carbocycles. The van der Waals surface area contributed by atoms with E-state index >= 15 is 0 Å². The van der Waals surface area contributed by atoms with Gasteiger partial charge in [-0.15, -0.1) is 0 Å². The average molecular weight is 382 g/mol. The molecule has 5 nitrogen and oxygen atoms in total. The van der Waals surface area contributed by atoms with E-state index in [9.17, 15) is 4.79 Å². The van der Waals surface area contributed by atoms with Crippen LogP contribution >= 0.6 is 11.6 Å². The number of aromatic nitrogens is 1. The van der Waals surface area contributed by atoms with Gasteiger partial charge in [-0.2, -0.15) is 0 Å². The molecule has 1 heterocycles. The Morgan fingerprint density at radius 1 is 1.15 bits per heavy atom. The van der Waals surface area contributed by atoms with Crippen molar-refractivity contribution in [2.24, 2.45) is 0 Å². The molecule has 0 unspecified atom stereocenters. The van der Waals surface area contributed by atoms with Crippen molar-refractivity contribution in [2.45, 2.75) is 13.5 Å². The Morgan fingerprint density at radius 3 is 2.67 bits per heavy atom. The third-order valence-corrected chi connectivity index (χ3v) is 4.28. The van der Waals surface area contributed by atoms with E-state index < -0.39 is 0 Å². The smallest absolute Gasteiger partial charge is 0.253 e. The van der Waals surface area contributed by atoms with Crippen LogP contribution in [0.4, 0.5) is 11.5 Å². The highest BCUT2D eigenvalue weighted by Crippen LogP contribution is 2.28. The van der Waals surface area contributed by atoms with Gasteiger partial charge >= 0.3 is 0 Å². The lowest BCUT2D eigenvalue weighted by Gasteiger charge is -2.09.